The standard InChI is InChI=1S/C23H22N4O5S2/c1-32-14-9-10-16(15(12-14)19(28)13-6-2-3-7-13)25-22(31)27-23-26-18(20(29)30)21(34-23)33-17-8-4-5-11-24-17/h4-5,8-13H,2-3,6-7H2,1H3,(H,29,30)(H2,25,26,27,31). The van der Waals surface area contributed by atoms with Crippen molar-refractivity contribution in [3.63, 3.8) is 0 Å². The molecule has 0 spiro atoms. The normalized spacial score (nSPS) is 13.4. The van der Waals surface area contributed by atoms with Gasteiger partial charge in [0.1, 0.15) is 15.0 Å². The first-order valence-corrected chi connectivity index (χ1v) is 12.2. The van der Waals surface area contributed by atoms with E-state index in [-0.39, 0.29) is 22.5 Å². The molecule has 4 rings (SSSR count). The van der Waals surface area contributed by atoms with E-state index < -0.39 is 12.0 Å². The third kappa shape index (κ3) is 5.54. The Morgan fingerprint density at radius 3 is 2.62 bits per heavy atom. The first-order chi connectivity index (χ1) is 16.4. The van der Waals surface area contributed by atoms with Gasteiger partial charge in [-0.25, -0.2) is 19.6 Å². The van der Waals surface area contributed by atoms with Crippen molar-refractivity contribution < 1.29 is 24.2 Å². The summed E-state index contributed by atoms with van der Waals surface area (Å²) in [7, 11) is 1.52. The Bertz CT molecular complexity index is 1210. The van der Waals surface area contributed by atoms with E-state index in [2.05, 4.69) is 20.6 Å². The highest BCUT2D eigenvalue weighted by atomic mass is 32.2. The number of thiazole rings is 1. The molecule has 0 unspecified atom stereocenters. The Kier molecular flexibility index (Phi) is 7.43. The number of hydrogen-bond acceptors (Lipinski definition) is 8. The van der Waals surface area contributed by atoms with Crippen LogP contribution in [-0.2, 0) is 0 Å². The lowest BCUT2D eigenvalue weighted by atomic mass is 9.95. The second kappa shape index (κ2) is 10.7. The van der Waals surface area contributed by atoms with E-state index in [1.807, 2.05) is 0 Å². The van der Waals surface area contributed by atoms with Crippen LogP contribution in [0, 0.1) is 5.92 Å². The number of Topliss-reactive ketones (excluding diaryl/α,β-unsaturated/α-hetero) is 1. The predicted octanol–water partition coefficient (Wildman–Crippen LogP) is 5.41. The molecule has 176 valence electrons. The van der Waals surface area contributed by atoms with Crippen LogP contribution in [0.2, 0.25) is 0 Å². The van der Waals surface area contributed by atoms with Crippen LogP contribution in [0.3, 0.4) is 0 Å². The monoisotopic (exact) mass is 498 g/mol. The molecule has 11 heteroatoms. The van der Waals surface area contributed by atoms with Crippen molar-refractivity contribution in [3.8, 4) is 5.75 Å². The zero-order valence-electron chi connectivity index (χ0n) is 18.2. The van der Waals surface area contributed by atoms with Crippen LogP contribution in [0.5, 0.6) is 5.75 Å². The summed E-state index contributed by atoms with van der Waals surface area (Å²) < 4.78 is 5.65. The van der Waals surface area contributed by atoms with Crippen LogP contribution in [0.25, 0.3) is 0 Å². The maximum absolute atomic E-state index is 13.1. The van der Waals surface area contributed by atoms with Gasteiger partial charge in [0.05, 0.1) is 12.8 Å². The van der Waals surface area contributed by atoms with Crippen molar-refractivity contribution in [2.75, 3.05) is 17.7 Å². The molecule has 2 heterocycles. The smallest absolute Gasteiger partial charge is 0.356 e. The lowest BCUT2D eigenvalue weighted by Gasteiger charge is -2.15. The molecule has 2 amide bonds. The fraction of sp³-hybridized carbons (Fsp3) is 0.261. The molecule has 1 aliphatic rings. The fourth-order valence-corrected chi connectivity index (χ4v) is 5.71. The Balaban J connectivity index is 1.52. The molecular weight excluding hydrogens is 476 g/mol. The average Bonchev–Trinajstić information content (AvgIpc) is 3.50. The van der Waals surface area contributed by atoms with Gasteiger partial charge >= 0.3 is 12.0 Å². The summed E-state index contributed by atoms with van der Waals surface area (Å²) in [5.41, 5.74) is 0.573. The molecule has 1 aromatic carbocycles. The number of benzene rings is 1. The molecule has 1 fully saturated rings. The molecule has 0 aliphatic heterocycles. The van der Waals surface area contributed by atoms with Crippen molar-refractivity contribution in [3.05, 3.63) is 53.9 Å². The van der Waals surface area contributed by atoms with Crippen LogP contribution < -0.4 is 15.4 Å². The third-order valence-corrected chi connectivity index (χ3v) is 7.42. The van der Waals surface area contributed by atoms with Gasteiger partial charge in [-0.15, -0.1) is 0 Å². The SMILES string of the molecule is COc1ccc(NC(=O)Nc2nc(C(=O)O)c(Sc3ccccn3)s2)c(C(=O)C2CCCC2)c1. The summed E-state index contributed by atoms with van der Waals surface area (Å²) in [6.45, 7) is 0. The Labute approximate surface area is 204 Å². The van der Waals surface area contributed by atoms with Gasteiger partial charge in [-0.2, -0.15) is 0 Å². The van der Waals surface area contributed by atoms with E-state index in [0.29, 0.717) is 26.2 Å². The number of rotatable bonds is 8. The minimum Gasteiger partial charge on any atom is -0.497 e. The summed E-state index contributed by atoms with van der Waals surface area (Å²) in [5.74, 6) is -0.778. The zero-order valence-corrected chi connectivity index (χ0v) is 19.9. The Morgan fingerprint density at radius 2 is 1.94 bits per heavy atom. The molecule has 0 radical (unpaired) electrons. The molecule has 2 aromatic heterocycles. The van der Waals surface area contributed by atoms with E-state index in [0.717, 1.165) is 48.8 Å². The van der Waals surface area contributed by atoms with E-state index in [9.17, 15) is 19.5 Å². The number of nitrogens with one attached hydrogen (secondary N) is 2. The first-order valence-electron chi connectivity index (χ1n) is 10.6. The molecule has 0 saturated heterocycles. The van der Waals surface area contributed by atoms with Crippen LogP contribution in [0.1, 0.15) is 46.5 Å². The van der Waals surface area contributed by atoms with Gasteiger partial charge in [0, 0.05) is 17.7 Å². The van der Waals surface area contributed by atoms with Crippen LogP contribution in [-0.4, -0.2) is 40.0 Å². The number of aromatic nitrogens is 2. The topological polar surface area (TPSA) is 131 Å². The lowest BCUT2D eigenvalue weighted by molar-refractivity contribution is 0.0687. The highest BCUT2D eigenvalue weighted by Crippen LogP contribution is 2.37. The Morgan fingerprint density at radius 1 is 1.15 bits per heavy atom. The van der Waals surface area contributed by atoms with Crippen molar-refractivity contribution in [2.24, 2.45) is 5.92 Å². The number of carboxylic acid groups (broad SMARTS) is 1. The van der Waals surface area contributed by atoms with Crippen molar-refractivity contribution in [2.45, 2.75) is 34.9 Å². The minimum absolute atomic E-state index is 0.0249. The summed E-state index contributed by atoms with van der Waals surface area (Å²) in [5, 5.41) is 15.5. The van der Waals surface area contributed by atoms with Gasteiger partial charge < -0.3 is 15.2 Å². The van der Waals surface area contributed by atoms with Crippen molar-refractivity contribution >= 4 is 51.7 Å². The summed E-state index contributed by atoms with van der Waals surface area (Å²) in [6, 6.07) is 9.58. The van der Waals surface area contributed by atoms with E-state index >= 15 is 0 Å². The molecule has 9 nitrogen and oxygen atoms in total. The van der Waals surface area contributed by atoms with Gasteiger partial charge in [0.25, 0.3) is 0 Å². The van der Waals surface area contributed by atoms with E-state index in [1.165, 1.54) is 7.11 Å². The van der Waals surface area contributed by atoms with Gasteiger partial charge in [0.2, 0.25) is 0 Å². The number of ketones is 1. The number of methoxy groups -OCH3 is 1. The van der Waals surface area contributed by atoms with Crippen LogP contribution >= 0.6 is 23.1 Å². The molecule has 34 heavy (non-hydrogen) atoms. The number of amides is 2. The number of hydrogen-bond donors (Lipinski definition) is 3. The average molecular weight is 499 g/mol. The van der Waals surface area contributed by atoms with Crippen molar-refractivity contribution in [1.29, 1.82) is 0 Å². The number of carboxylic acids is 1. The second-order valence-corrected chi connectivity index (χ2v) is 9.85. The number of pyridine rings is 1. The quantitative estimate of drug-likeness (QED) is 0.351. The lowest BCUT2D eigenvalue weighted by Crippen LogP contribution is -2.22. The number of carbonyl (C=O) groups is 3. The highest BCUT2D eigenvalue weighted by Gasteiger charge is 2.27. The van der Waals surface area contributed by atoms with Crippen molar-refractivity contribution in [1.82, 2.24) is 9.97 Å². The maximum atomic E-state index is 13.1. The maximum Gasteiger partial charge on any atom is 0.356 e. The van der Waals surface area contributed by atoms with Crippen LogP contribution in [0.4, 0.5) is 15.6 Å². The van der Waals surface area contributed by atoms with E-state index in [4.69, 9.17) is 4.74 Å². The first kappa shape index (κ1) is 23.7. The number of anilines is 2. The number of carbonyl (C=O) groups excluding carboxylic acids is 2. The predicted molar refractivity (Wildman–Crippen MR) is 129 cm³/mol. The van der Waals surface area contributed by atoms with Gasteiger partial charge in [0.15, 0.2) is 16.6 Å². The summed E-state index contributed by atoms with van der Waals surface area (Å²) >= 11 is 2.18. The van der Waals surface area contributed by atoms with E-state index in [1.54, 1.807) is 42.6 Å². The van der Waals surface area contributed by atoms with Gasteiger partial charge in [-0.1, -0.05) is 42.0 Å². The van der Waals surface area contributed by atoms with Gasteiger partial charge in [-0.05, 0) is 43.2 Å². The number of urea groups is 1. The number of ether oxygens (including phenoxy) is 1. The fourth-order valence-electron chi connectivity index (χ4n) is 3.69. The molecule has 0 bridgehead atoms. The second-order valence-electron chi connectivity index (χ2n) is 7.57. The molecule has 0 atom stereocenters. The Hall–Kier alpha value is -3.44. The number of nitrogens with zero attached hydrogens (tertiary/aromatic N) is 2. The molecule has 1 saturated carbocycles. The largest absolute Gasteiger partial charge is 0.497 e. The zero-order chi connectivity index (χ0) is 24.1. The molecule has 3 aromatic rings. The minimum atomic E-state index is -1.21. The molecule has 1 aliphatic carbocycles. The van der Waals surface area contributed by atoms with Crippen LogP contribution in [0.15, 0.2) is 51.8 Å². The van der Waals surface area contributed by atoms with Gasteiger partial charge in [-0.3, -0.25) is 10.1 Å². The third-order valence-electron chi connectivity index (χ3n) is 5.32. The highest BCUT2D eigenvalue weighted by molar-refractivity contribution is 8.01. The summed E-state index contributed by atoms with van der Waals surface area (Å²) in [4.78, 5) is 45.6. The molecule has 3 N–H and O–H groups in total. The summed E-state index contributed by atoms with van der Waals surface area (Å²) in [6.07, 6.45) is 5.29. The molecular formula is C23H22N4O5S2. The number of aromatic carboxylic acids is 1.